The number of aromatic nitrogens is 2. The van der Waals surface area contributed by atoms with Crippen LogP contribution in [0.3, 0.4) is 0 Å². The molecule has 0 unspecified atom stereocenters. The monoisotopic (exact) mass is 303 g/mol. The van der Waals surface area contributed by atoms with Gasteiger partial charge in [-0.15, -0.1) is 0 Å². The standard InChI is InChI=1S/C17H25N3O2/c1-12(21)19-7-5-17(6-8-19)9-13-11-20(16(2,3)4)18-15(13)14(22)10-17/h11H,5-10H2,1-4H3. The van der Waals surface area contributed by atoms with E-state index in [9.17, 15) is 9.59 Å². The van der Waals surface area contributed by atoms with Crippen molar-refractivity contribution in [3.8, 4) is 0 Å². The lowest BCUT2D eigenvalue weighted by molar-refractivity contribution is -0.131. The quantitative estimate of drug-likeness (QED) is 0.739. The van der Waals surface area contributed by atoms with Crippen LogP contribution in [0, 0.1) is 5.41 Å². The van der Waals surface area contributed by atoms with Gasteiger partial charge in [-0.25, -0.2) is 0 Å². The summed E-state index contributed by atoms with van der Waals surface area (Å²) >= 11 is 0. The Balaban J connectivity index is 1.84. The first kappa shape index (κ1) is 15.3. The SMILES string of the molecule is CC(=O)N1CCC2(CC1)CC(=O)c1nn(C(C)(C)C)cc1C2. The Labute approximate surface area is 131 Å². The van der Waals surface area contributed by atoms with Gasteiger partial charge in [-0.3, -0.25) is 14.3 Å². The van der Waals surface area contributed by atoms with E-state index in [1.165, 1.54) is 0 Å². The minimum absolute atomic E-state index is 0.0295. The van der Waals surface area contributed by atoms with Crippen molar-refractivity contribution in [2.75, 3.05) is 13.1 Å². The van der Waals surface area contributed by atoms with Gasteiger partial charge in [-0.1, -0.05) is 0 Å². The van der Waals surface area contributed by atoms with E-state index in [0.29, 0.717) is 12.1 Å². The van der Waals surface area contributed by atoms with E-state index < -0.39 is 0 Å². The number of hydrogen-bond donors (Lipinski definition) is 0. The lowest BCUT2D eigenvalue weighted by atomic mass is 9.67. The molecule has 0 N–H and O–H groups in total. The number of rotatable bonds is 0. The van der Waals surface area contributed by atoms with E-state index in [1.54, 1.807) is 6.92 Å². The number of carbonyl (C=O) groups is 2. The van der Waals surface area contributed by atoms with Gasteiger partial charge >= 0.3 is 0 Å². The highest BCUT2D eigenvalue weighted by atomic mass is 16.2. The minimum Gasteiger partial charge on any atom is -0.343 e. The molecule has 1 aliphatic heterocycles. The third kappa shape index (κ3) is 2.57. The summed E-state index contributed by atoms with van der Waals surface area (Å²) in [5, 5.41) is 4.53. The van der Waals surface area contributed by atoms with Crippen molar-refractivity contribution < 1.29 is 9.59 Å². The molecule has 0 bridgehead atoms. The number of carbonyl (C=O) groups excluding carboxylic acids is 2. The number of piperidine rings is 1. The summed E-state index contributed by atoms with van der Waals surface area (Å²) < 4.78 is 1.92. The van der Waals surface area contributed by atoms with Gasteiger partial charge in [0, 0.05) is 38.2 Å². The predicted molar refractivity (Wildman–Crippen MR) is 83.8 cm³/mol. The lowest BCUT2D eigenvalue weighted by Gasteiger charge is -2.43. The van der Waals surface area contributed by atoms with Gasteiger partial charge in [-0.05, 0) is 45.4 Å². The summed E-state index contributed by atoms with van der Waals surface area (Å²) in [5.74, 6) is 0.304. The molecule has 1 aromatic heterocycles. The molecule has 1 spiro atoms. The van der Waals surface area contributed by atoms with E-state index in [0.717, 1.165) is 37.9 Å². The highest BCUT2D eigenvalue weighted by Crippen LogP contribution is 2.43. The van der Waals surface area contributed by atoms with Crippen LogP contribution in [-0.2, 0) is 16.8 Å². The number of ketones is 1. The van der Waals surface area contributed by atoms with E-state index >= 15 is 0 Å². The van der Waals surface area contributed by atoms with Gasteiger partial charge in [0.2, 0.25) is 5.91 Å². The number of hydrogen-bond acceptors (Lipinski definition) is 3. The third-order valence-corrected chi connectivity index (χ3v) is 5.11. The van der Waals surface area contributed by atoms with Crippen molar-refractivity contribution in [1.29, 1.82) is 0 Å². The van der Waals surface area contributed by atoms with Gasteiger partial charge in [-0.2, -0.15) is 5.10 Å². The fourth-order valence-corrected chi connectivity index (χ4v) is 3.66. The van der Waals surface area contributed by atoms with Crippen LogP contribution in [0.25, 0.3) is 0 Å². The van der Waals surface area contributed by atoms with Crippen LogP contribution in [0.1, 0.15) is 63.0 Å². The summed E-state index contributed by atoms with van der Waals surface area (Å²) in [6, 6.07) is 0. The van der Waals surface area contributed by atoms with Crippen molar-refractivity contribution in [1.82, 2.24) is 14.7 Å². The van der Waals surface area contributed by atoms with Crippen LogP contribution in [0.2, 0.25) is 0 Å². The highest BCUT2D eigenvalue weighted by molar-refractivity contribution is 5.97. The molecule has 0 aromatic carbocycles. The van der Waals surface area contributed by atoms with Crippen LogP contribution in [0.5, 0.6) is 0 Å². The maximum Gasteiger partial charge on any atom is 0.219 e. The van der Waals surface area contributed by atoms with Crippen LogP contribution in [-0.4, -0.2) is 39.5 Å². The van der Waals surface area contributed by atoms with Crippen molar-refractivity contribution >= 4 is 11.7 Å². The van der Waals surface area contributed by atoms with Gasteiger partial charge in [0.1, 0.15) is 5.69 Å². The maximum atomic E-state index is 12.6. The van der Waals surface area contributed by atoms with E-state index in [4.69, 9.17) is 0 Å². The molecule has 2 heterocycles. The molecule has 0 saturated carbocycles. The molecular formula is C17H25N3O2. The Morgan fingerprint density at radius 3 is 2.41 bits per heavy atom. The summed E-state index contributed by atoms with van der Waals surface area (Å²) in [7, 11) is 0. The molecule has 2 aliphatic rings. The second-order valence-electron chi connectivity index (χ2n) is 7.90. The fraction of sp³-hybridized carbons (Fsp3) is 0.706. The zero-order valence-corrected chi connectivity index (χ0v) is 14.0. The molecule has 1 amide bonds. The second-order valence-corrected chi connectivity index (χ2v) is 7.90. The van der Waals surface area contributed by atoms with Crippen molar-refractivity contribution in [3.63, 3.8) is 0 Å². The largest absolute Gasteiger partial charge is 0.343 e. The molecule has 5 heteroatoms. The summed E-state index contributed by atoms with van der Waals surface area (Å²) in [6.45, 7) is 9.44. The molecule has 0 atom stereocenters. The summed E-state index contributed by atoms with van der Waals surface area (Å²) in [4.78, 5) is 25.9. The van der Waals surface area contributed by atoms with Crippen LogP contribution in [0.4, 0.5) is 0 Å². The Morgan fingerprint density at radius 1 is 1.23 bits per heavy atom. The van der Waals surface area contributed by atoms with Gasteiger partial charge in [0.15, 0.2) is 5.78 Å². The Kier molecular flexibility index (Phi) is 3.42. The Morgan fingerprint density at radius 2 is 1.86 bits per heavy atom. The van der Waals surface area contributed by atoms with Gasteiger partial charge in [0.05, 0.1) is 5.54 Å². The zero-order chi connectivity index (χ0) is 16.1. The first-order valence-electron chi connectivity index (χ1n) is 8.08. The lowest BCUT2D eigenvalue weighted by Crippen LogP contribution is -2.45. The Hall–Kier alpha value is -1.65. The van der Waals surface area contributed by atoms with Crippen LogP contribution < -0.4 is 0 Å². The fourth-order valence-electron chi connectivity index (χ4n) is 3.66. The normalized spacial score (nSPS) is 21.1. The molecule has 1 aliphatic carbocycles. The van der Waals surface area contributed by atoms with Crippen molar-refractivity contribution in [2.24, 2.45) is 5.41 Å². The smallest absolute Gasteiger partial charge is 0.219 e. The average Bonchev–Trinajstić information content (AvgIpc) is 2.83. The summed E-state index contributed by atoms with van der Waals surface area (Å²) in [5.41, 5.74) is 1.67. The number of fused-ring (bicyclic) bond motifs is 1. The average molecular weight is 303 g/mol. The van der Waals surface area contributed by atoms with Gasteiger partial charge in [0.25, 0.3) is 0 Å². The number of nitrogens with zero attached hydrogens (tertiary/aromatic N) is 3. The topological polar surface area (TPSA) is 55.2 Å². The minimum atomic E-state index is -0.108. The van der Waals surface area contributed by atoms with E-state index in [2.05, 4.69) is 25.9 Å². The third-order valence-electron chi connectivity index (χ3n) is 5.11. The molecule has 0 radical (unpaired) electrons. The maximum absolute atomic E-state index is 12.6. The molecule has 120 valence electrons. The molecule has 5 nitrogen and oxygen atoms in total. The molecular weight excluding hydrogens is 278 g/mol. The summed E-state index contributed by atoms with van der Waals surface area (Å²) in [6.07, 6.45) is 5.37. The van der Waals surface area contributed by atoms with Crippen molar-refractivity contribution in [2.45, 2.75) is 58.9 Å². The number of amides is 1. The number of likely N-dealkylation sites (tertiary alicyclic amines) is 1. The second kappa shape index (κ2) is 4.93. The molecule has 3 rings (SSSR count). The molecule has 1 fully saturated rings. The van der Waals surface area contributed by atoms with E-state index in [-0.39, 0.29) is 22.6 Å². The molecule has 1 saturated heterocycles. The first-order valence-corrected chi connectivity index (χ1v) is 8.08. The molecule has 22 heavy (non-hydrogen) atoms. The van der Waals surface area contributed by atoms with Gasteiger partial charge < -0.3 is 4.90 Å². The van der Waals surface area contributed by atoms with Crippen molar-refractivity contribution in [3.05, 3.63) is 17.5 Å². The van der Waals surface area contributed by atoms with Crippen LogP contribution >= 0.6 is 0 Å². The highest BCUT2D eigenvalue weighted by Gasteiger charge is 2.43. The molecule has 1 aromatic rings. The number of Topliss-reactive ketones (excluding diaryl/α,β-unsaturated/α-hetero) is 1. The van der Waals surface area contributed by atoms with Crippen LogP contribution in [0.15, 0.2) is 6.20 Å². The zero-order valence-electron chi connectivity index (χ0n) is 14.0. The first-order chi connectivity index (χ1) is 10.2. The van der Waals surface area contributed by atoms with E-state index in [1.807, 2.05) is 15.8 Å². The predicted octanol–water partition coefficient (Wildman–Crippen LogP) is 2.40. The Bertz CT molecular complexity index is 616.